The molecule has 2 aromatic heterocycles. The van der Waals surface area contributed by atoms with Crippen LogP contribution in [0.2, 0.25) is 5.02 Å². The molecule has 0 atom stereocenters. The zero-order valence-corrected chi connectivity index (χ0v) is 12.2. The van der Waals surface area contributed by atoms with E-state index in [9.17, 15) is 0 Å². The van der Waals surface area contributed by atoms with Crippen LogP contribution in [0.15, 0.2) is 40.9 Å². The molecule has 1 N–H and O–H groups in total. The van der Waals surface area contributed by atoms with Gasteiger partial charge in [-0.2, -0.15) is 5.10 Å². The lowest BCUT2D eigenvalue weighted by Gasteiger charge is -2.02. The Balaban J connectivity index is 1.90. The third-order valence-electron chi connectivity index (χ3n) is 2.68. The summed E-state index contributed by atoms with van der Waals surface area (Å²) < 4.78 is 0. The minimum atomic E-state index is 0.664. The van der Waals surface area contributed by atoms with Crippen LogP contribution in [0.5, 0.6) is 0 Å². The van der Waals surface area contributed by atoms with E-state index >= 15 is 0 Å². The van der Waals surface area contributed by atoms with Crippen LogP contribution in [0.1, 0.15) is 11.3 Å². The number of thiazole rings is 1. The molecule has 20 heavy (non-hydrogen) atoms. The van der Waals surface area contributed by atoms with Crippen LogP contribution in [0.4, 0.5) is 5.13 Å². The van der Waals surface area contributed by atoms with Crippen molar-refractivity contribution in [1.29, 1.82) is 0 Å². The fraction of sp³-hybridized carbons (Fsp3) is 0.0714. The van der Waals surface area contributed by atoms with E-state index in [1.54, 1.807) is 12.4 Å². The quantitative estimate of drug-likeness (QED) is 0.585. The second-order valence-electron chi connectivity index (χ2n) is 4.23. The Labute approximate surface area is 125 Å². The number of benzene rings is 1. The van der Waals surface area contributed by atoms with Crippen LogP contribution < -0.4 is 5.43 Å². The first kappa shape index (κ1) is 13.0. The Morgan fingerprint density at radius 1 is 1.40 bits per heavy atom. The molecular weight excluding hydrogens is 292 g/mol. The van der Waals surface area contributed by atoms with Crippen molar-refractivity contribution in [2.75, 3.05) is 5.43 Å². The first-order valence-corrected chi connectivity index (χ1v) is 7.23. The molecule has 3 rings (SSSR count). The van der Waals surface area contributed by atoms with E-state index in [0.717, 1.165) is 27.3 Å². The third kappa shape index (κ3) is 2.79. The van der Waals surface area contributed by atoms with Gasteiger partial charge in [0.05, 0.1) is 17.4 Å². The maximum absolute atomic E-state index is 6.10. The zero-order valence-electron chi connectivity index (χ0n) is 10.7. The molecule has 0 bridgehead atoms. The standard InChI is InChI=1S/C14H11ClN4S/c1-9-8-20-14(18-9)19-17-7-11-6-12(15)5-10-3-2-4-16-13(10)11/h2-8H,1H3,(H,18,19). The van der Waals surface area contributed by atoms with Gasteiger partial charge in [0.25, 0.3) is 0 Å². The summed E-state index contributed by atoms with van der Waals surface area (Å²) >= 11 is 7.62. The Bertz CT molecular complexity index is 782. The average Bonchev–Trinajstić information content (AvgIpc) is 2.84. The third-order valence-corrected chi connectivity index (χ3v) is 3.76. The molecule has 0 radical (unpaired) electrons. The molecule has 2 heterocycles. The van der Waals surface area contributed by atoms with E-state index in [0.29, 0.717) is 5.02 Å². The summed E-state index contributed by atoms with van der Waals surface area (Å²) in [7, 11) is 0. The Hall–Kier alpha value is -1.98. The highest BCUT2D eigenvalue weighted by Crippen LogP contribution is 2.21. The molecule has 0 unspecified atom stereocenters. The van der Waals surface area contributed by atoms with Gasteiger partial charge in [-0.05, 0) is 25.1 Å². The molecule has 0 fully saturated rings. The summed E-state index contributed by atoms with van der Waals surface area (Å²) in [5.74, 6) is 0. The van der Waals surface area contributed by atoms with Crippen LogP contribution >= 0.6 is 22.9 Å². The number of halogens is 1. The predicted molar refractivity (Wildman–Crippen MR) is 84.8 cm³/mol. The van der Waals surface area contributed by atoms with Crippen molar-refractivity contribution in [3.05, 3.63) is 52.1 Å². The van der Waals surface area contributed by atoms with Gasteiger partial charge in [-0.3, -0.25) is 10.4 Å². The number of nitrogens with zero attached hydrogens (tertiary/aromatic N) is 3. The van der Waals surface area contributed by atoms with Crippen LogP contribution in [0, 0.1) is 6.92 Å². The molecule has 1 aromatic carbocycles. The van der Waals surface area contributed by atoms with Crippen molar-refractivity contribution >= 4 is 45.2 Å². The number of aryl methyl sites for hydroxylation is 1. The van der Waals surface area contributed by atoms with Gasteiger partial charge in [-0.25, -0.2) is 4.98 Å². The zero-order chi connectivity index (χ0) is 13.9. The molecule has 3 aromatic rings. The van der Waals surface area contributed by atoms with E-state index in [4.69, 9.17) is 11.6 Å². The van der Waals surface area contributed by atoms with E-state index in [1.807, 2.05) is 36.6 Å². The SMILES string of the molecule is Cc1csc(NN=Cc2cc(Cl)cc3cccnc23)n1. The number of fused-ring (bicyclic) bond motifs is 1. The lowest BCUT2D eigenvalue weighted by molar-refractivity contribution is 1.22. The fourth-order valence-corrected chi connectivity index (χ4v) is 2.72. The predicted octanol–water partition coefficient (Wildman–Crippen LogP) is 4.10. The number of hydrazone groups is 1. The smallest absolute Gasteiger partial charge is 0.203 e. The summed E-state index contributed by atoms with van der Waals surface area (Å²) in [5.41, 5.74) is 5.62. The van der Waals surface area contributed by atoms with Crippen molar-refractivity contribution in [2.45, 2.75) is 6.92 Å². The summed E-state index contributed by atoms with van der Waals surface area (Å²) in [6.07, 6.45) is 3.46. The Morgan fingerprint density at radius 2 is 2.30 bits per heavy atom. The fourth-order valence-electron chi connectivity index (χ4n) is 1.84. The topological polar surface area (TPSA) is 50.2 Å². The van der Waals surface area contributed by atoms with Crippen molar-refractivity contribution < 1.29 is 0 Å². The van der Waals surface area contributed by atoms with Gasteiger partial charge in [0.1, 0.15) is 0 Å². The van der Waals surface area contributed by atoms with Crippen LogP contribution in [-0.2, 0) is 0 Å². The van der Waals surface area contributed by atoms with Gasteiger partial charge >= 0.3 is 0 Å². The lowest BCUT2D eigenvalue weighted by Crippen LogP contribution is -1.92. The number of pyridine rings is 1. The average molecular weight is 303 g/mol. The van der Waals surface area contributed by atoms with Gasteiger partial charge in [-0.1, -0.05) is 17.7 Å². The summed E-state index contributed by atoms with van der Waals surface area (Å²) in [4.78, 5) is 8.64. The van der Waals surface area contributed by atoms with Gasteiger partial charge in [0.2, 0.25) is 5.13 Å². The number of aromatic nitrogens is 2. The number of rotatable bonds is 3. The first-order chi connectivity index (χ1) is 9.72. The molecule has 0 aliphatic heterocycles. The molecule has 0 spiro atoms. The molecule has 0 saturated heterocycles. The van der Waals surface area contributed by atoms with Crippen molar-refractivity contribution in [2.24, 2.45) is 5.10 Å². The normalized spacial score (nSPS) is 11.3. The number of hydrogen-bond donors (Lipinski definition) is 1. The number of anilines is 1. The monoisotopic (exact) mass is 302 g/mol. The highest BCUT2D eigenvalue weighted by atomic mass is 35.5. The highest BCUT2D eigenvalue weighted by Gasteiger charge is 2.02. The van der Waals surface area contributed by atoms with E-state index < -0.39 is 0 Å². The molecule has 0 saturated carbocycles. The summed E-state index contributed by atoms with van der Waals surface area (Å²) in [6.45, 7) is 1.94. The molecule has 0 aliphatic rings. The number of hydrogen-bond acceptors (Lipinski definition) is 5. The second-order valence-corrected chi connectivity index (χ2v) is 5.53. The first-order valence-electron chi connectivity index (χ1n) is 5.98. The number of nitrogens with one attached hydrogen (secondary N) is 1. The minimum absolute atomic E-state index is 0.664. The van der Waals surface area contributed by atoms with E-state index in [1.165, 1.54) is 11.3 Å². The van der Waals surface area contributed by atoms with Gasteiger partial charge in [-0.15, -0.1) is 11.3 Å². The Morgan fingerprint density at radius 3 is 3.10 bits per heavy atom. The van der Waals surface area contributed by atoms with Crippen LogP contribution in [-0.4, -0.2) is 16.2 Å². The van der Waals surface area contributed by atoms with Crippen LogP contribution in [0.25, 0.3) is 10.9 Å². The van der Waals surface area contributed by atoms with Gasteiger partial charge in [0, 0.05) is 27.5 Å². The molecule has 0 aliphatic carbocycles. The highest BCUT2D eigenvalue weighted by molar-refractivity contribution is 7.13. The molecule has 0 amide bonds. The van der Waals surface area contributed by atoms with Crippen LogP contribution in [0.3, 0.4) is 0 Å². The van der Waals surface area contributed by atoms with Crippen molar-refractivity contribution in [3.8, 4) is 0 Å². The van der Waals surface area contributed by atoms with E-state index in [-0.39, 0.29) is 0 Å². The maximum Gasteiger partial charge on any atom is 0.203 e. The summed E-state index contributed by atoms with van der Waals surface area (Å²) in [5, 5.41) is 8.58. The van der Waals surface area contributed by atoms with Crippen molar-refractivity contribution in [3.63, 3.8) is 0 Å². The molecular formula is C14H11ClN4S. The van der Waals surface area contributed by atoms with Gasteiger partial charge < -0.3 is 0 Å². The minimum Gasteiger partial charge on any atom is -0.256 e. The summed E-state index contributed by atoms with van der Waals surface area (Å²) in [6, 6.07) is 7.59. The van der Waals surface area contributed by atoms with Crippen molar-refractivity contribution in [1.82, 2.24) is 9.97 Å². The second kappa shape index (κ2) is 5.56. The Kier molecular flexibility index (Phi) is 3.62. The van der Waals surface area contributed by atoms with Gasteiger partial charge in [0.15, 0.2) is 0 Å². The molecule has 100 valence electrons. The maximum atomic E-state index is 6.10. The molecule has 6 heteroatoms. The van der Waals surface area contributed by atoms with E-state index in [2.05, 4.69) is 20.5 Å². The lowest BCUT2D eigenvalue weighted by atomic mass is 10.1. The molecule has 4 nitrogen and oxygen atoms in total. The largest absolute Gasteiger partial charge is 0.256 e.